The van der Waals surface area contributed by atoms with Crippen LogP contribution in [0.1, 0.15) is 65.2 Å². The van der Waals surface area contributed by atoms with Crippen LogP contribution in [-0.4, -0.2) is 6.29 Å². The molecule has 2 fully saturated rings. The van der Waals surface area contributed by atoms with Crippen molar-refractivity contribution in [3.05, 3.63) is 0 Å². The zero-order valence-corrected chi connectivity index (χ0v) is 10.9. The van der Waals surface area contributed by atoms with E-state index in [1.807, 2.05) is 0 Å². The van der Waals surface area contributed by atoms with Gasteiger partial charge in [0.25, 0.3) is 0 Å². The summed E-state index contributed by atoms with van der Waals surface area (Å²) in [6.45, 7) is 4.53. The minimum absolute atomic E-state index is 0.0124. The maximum Gasteiger partial charge on any atom is 0.125 e. The molecule has 2 saturated carbocycles. The first-order valence-electron chi connectivity index (χ1n) is 7.09. The topological polar surface area (TPSA) is 17.1 Å². The van der Waals surface area contributed by atoms with Gasteiger partial charge in [0.05, 0.1) is 0 Å². The Balaban J connectivity index is 1.82. The van der Waals surface area contributed by atoms with Gasteiger partial charge in [-0.3, -0.25) is 0 Å². The zero-order chi connectivity index (χ0) is 11.6. The van der Waals surface area contributed by atoms with E-state index in [2.05, 4.69) is 13.8 Å². The van der Waals surface area contributed by atoms with Crippen LogP contribution >= 0.6 is 0 Å². The Labute approximate surface area is 100.0 Å². The first kappa shape index (κ1) is 12.1. The molecule has 0 aromatic heterocycles. The van der Waals surface area contributed by atoms with E-state index >= 15 is 0 Å². The molecule has 2 aliphatic rings. The summed E-state index contributed by atoms with van der Waals surface area (Å²) in [4.78, 5) is 11.0. The van der Waals surface area contributed by atoms with Crippen molar-refractivity contribution < 1.29 is 4.79 Å². The minimum Gasteiger partial charge on any atom is -0.303 e. The molecule has 0 atom stereocenters. The van der Waals surface area contributed by atoms with Gasteiger partial charge in [0.2, 0.25) is 0 Å². The van der Waals surface area contributed by atoms with E-state index in [1.54, 1.807) is 0 Å². The fourth-order valence-electron chi connectivity index (χ4n) is 3.65. The number of aldehydes is 1. The highest BCUT2D eigenvalue weighted by atomic mass is 16.1. The zero-order valence-electron chi connectivity index (χ0n) is 10.9. The number of carbonyl (C=O) groups is 1. The second-order valence-corrected chi connectivity index (χ2v) is 6.63. The van der Waals surface area contributed by atoms with Crippen molar-refractivity contribution in [3.8, 4) is 0 Å². The number of carbonyl (C=O) groups excluding carboxylic acids is 1. The van der Waals surface area contributed by atoms with Crippen LogP contribution in [0.15, 0.2) is 0 Å². The summed E-state index contributed by atoms with van der Waals surface area (Å²) in [5.41, 5.74) is 0.0124. The molecule has 0 radical (unpaired) electrons. The first-order chi connectivity index (χ1) is 7.63. The lowest BCUT2D eigenvalue weighted by atomic mass is 9.66. The molecule has 0 aromatic carbocycles. The quantitative estimate of drug-likeness (QED) is 0.640. The average Bonchev–Trinajstić information content (AvgIpc) is 2.32. The fourth-order valence-corrected chi connectivity index (χ4v) is 3.65. The lowest BCUT2D eigenvalue weighted by molar-refractivity contribution is -0.117. The summed E-state index contributed by atoms with van der Waals surface area (Å²) in [5, 5.41) is 0. The molecule has 1 nitrogen and oxygen atoms in total. The normalized spacial score (nSPS) is 45.2. The maximum absolute atomic E-state index is 11.0. The van der Waals surface area contributed by atoms with Crippen molar-refractivity contribution in [2.24, 2.45) is 23.2 Å². The van der Waals surface area contributed by atoms with Gasteiger partial charge in [0.1, 0.15) is 6.29 Å². The number of hydrogen-bond donors (Lipinski definition) is 0. The Hall–Kier alpha value is -0.330. The molecule has 0 bridgehead atoms. The maximum atomic E-state index is 11.0. The monoisotopic (exact) mass is 222 g/mol. The molecule has 1 heteroatoms. The molecule has 0 N–H and O–H groups in total. The van der Waals surface area contributed by atoms with Crippen molar-refractivity contribution in [2.45, 2.75) is 65.2 Å². The van der Waals surface area contributed by atoms with Gasteiger partial charge in [-0.15, -0.1) is 0 Å². The van der Waals surface area contributed by atoms with Gasteiger partial charge in [-0.1, -0.05) is 26.7 Å². The third kappa shape index (κ3) is 2.67. The van der Waals surface area contributed by atoms with E-state index in [0.717, 1.165) is 30.6 Å². The van der Waals surface area contributed by atoms with Crippen LogP contribution < -0.4 is 0 Å². The van der Waals surface area contributed by atoms with E-state index in [9.17, 15) is 4.79 Å². The summed E-state index contributed by atoms with van der Waals surface area (Å²) in [7, 11) is 0. The van der Waals surface area contributed by atoms with Crippen molar-refractivity contribution in [1.29, 1.82) is 0 Å². The Bertz CT molecular complexity index is 230. The molecule has 0 unspecified atom stereocenters. The standard InChI is InChI=1S/C15H26O/c1-12-3-5-13(6-4-12)14-7-9-15(2,11-16)10-8-14/h11-14H,3-10H2,1-2H3. The Morgan fingerprint density at radius 2 is 1.44 bits per heavy atom. The van der Waals surface area contributed by atoms with Crippen LogP contribution in [0.25, 0.3) is 0 Å². The molecular formula is C15H26O. The fraction of sp³-hybridized carbons (Fsp3) is 0.933. The minimum atomic E-state index is 0.0124. The molecule has 2 rings (SSSR count). The van der Waals surface area contributed by atoms with Gasteiger partial charge in [-0.25, -0.2) is 0 Å². The predicted octanol–water partition coefficient (Wildman–Crippen LogP) is 4.21. The lowest BCUT2D eigenvalue weighted by Gasteiger charge is -2.39. The summed E-state index contributed by atoms with van der Waals surface area (Å²) >= 11 is 0. The molecule has 0 saturated heterocycles. The third-order valence-electron chi connectivity index (χ3n) is 5.18. The lowest BCUT2D eigenvalue weighted by Crippen LogP contribution is -2.30. The van der Waals surface area contributed by atoms with E-state index in [1.165, 1.54) is 44.8 Å². The van der Waals surface area contributed by atoms with Crippen LogP contribution in [0.4, 0.5) is 0 Å². The van der Waals surface area contributed by atoms with Gasteiger partial charge in [-0.05, 0) is 56.3 Å². The molecule has 0 amide bonds. The SMILES string of the molecule is CC1CCC(C2CCC(C)(C=O)CC2)CC1. The highest BCUT2D eigenvalue weighted by molar-refractivity contribution is 5.58. The van der Waals surface area contributed by atoms with Crippen LogP contribution in [-0.2, 0) is 4.79 Å². The highest BCUT2D eigenvalue weighted by Gasteiger charge is 2.34. The Morgan fingerprint density at radius 3 is 1.94 bits per heavy atom. The first-order valence-corrected chi connectivity index (χ1v) is 7.09. The van der Waals surface area contributed by atoms with Gasteiger partial charge >= 0.3 is 0 Å². The van der Waals surface area contributed by atoms with E-state index in [0.29, 0.717) is 0 Å². The Kier molecular flexibility index (Phi) is 3.71. The molecule has 92 valence electrons. The highest BCUT2D eigenvalue weighted by Crippen LogP contribution is 2.44. The largest absolute Gasteiger partial charge is 0.303 e. The third-order valence-corrected chi connectivity index (χ3v) is 5.18. The van der Waals surface area contributed by atoms with Crippen molar-refractivity contribution in [1.82, 2.24) is 0 Å². The second kappa shape index (κ2) is 4.89. The number of hydrogen-bond acceptors (Lipinski definition) is 1. The van der Waals surface area contributed by atoms with Gasteiger partial charge in [-0.2, -0.15) is 0 Å². The molecule has 0 aliphatic heterocycles. The molecule has 0 spiro atoms. The predicted molar refractivity (Wildman–Crippen MR) is 67.3 cm³/mol. The van der Waals surface area contributed by atoms with Crippen molar-refractivity contribution in [3.63, 3.8) is 0 Å². The van der Waals surface area contributed by atoms with Crippen molar-refractivity contribution in [2.75, 3.05) is 0 Å². The van der Waals surface area contributed by atoms with Crippen LogP contribution in [0.5, 0.6) is 0 Å². The Morgan fingerprint density at radius 1 is 0.938 bits per heavy atom. The van der Waals surface area contributed by atoms with Crippen LogP contribution in [0.2, 0.25) is 0 Å². The van der Waals surface area contributed by atoms with Gasteiger partial charge < -0.3 is 4.79 Å². The molecular weight excluding hydrogens is 196 g/mol. The van der Waals surface area contributed by atoms with E-state index in [4.69, 9.17) is 0 Å². The molecule has 0 heterocycles. The van der Waals surface area contributed by atoms with Gasteiger partial charge in [0.15, 0.2) is 0 Å². The summed E-state index contributed by atoms with van der Waals surface area (Å²) < 4.78 is 0. The molecule has 2 aliphatic carbocycles. The smallest absolute Gasteiger partial charge is 0.125 e. The van der Waals surface area contributed by atoms with Gasteiger partial charge in [0, 0.05) is 5.41 Å². The summed E-state index contributed by atoms with van der Waals surface area (Å²) in [6, 6.07) is 0. The molecule has 0 aromatic rings. The molecule has 16 heavy (non-hydrogen) atoms. The van der Waals surface area contributed by atoms with Crippen molar-refractivity contribution >= 4 is 6.29 Å². The van der Waals surface area contributed by atoms with E-state index in [-0.39, 0.29) is 5.41 Å². The number of rotatable bonds is 2. The van der Waals surface area contributed by atoms with Crippen LogP contribution in [0, 0.1) is 23.2 Å². The van der Waals surface area contributed by atoms with E-state index < -0.39 is 0 Å². The van der Waals surface area contributed by atoms with Crippen LogP contribution in [0.3, 0.4) is 0 Å². The summed E-state index contributed by atoms with van der Waals surface area (Å²) in [5.74, 6) is 2.87. The average molecular weight is 222 g/mol. The second-order valence-electron chi connectivity index (χ2n) is 6.63. The summed E-state index contributed by atoms with van der Waals surface area (Å²) in [6.07, 6.45) is 11.8.